The van der Waals surface area contributed by atoms with Gasteiger partial charge in [-0.3, -0.25) is 9.59 Å². The maximum atomic E-state index is 13.7. The van der Waals surface area contributed by atoms with Crippen LogP contribution in [0, 0.1) is 24.7 Å². The van der Waals surface area contributed by atoms with E-state index in [1.54, 1.807) is 0 Å². The van der Waals surface area contributed by atoms with Crippen molar-refractivity contribution in [2.75, 3.05) is 18.9 Å². The molecule has 2 atom stereocenters. The molecule has 3 rings (SSSR count). The lowest BCUT2D eigenvalue weighted by molar-refractivity contribution is -0.135. The van der Waals surface area contributed by atoms with Gasteiger partial charge >= 0.3 is 6.55 Å². The van der Waals surface area contributed by atoms with Crippen LogP contribution in [0.15, 0.2) is 16.6 Å². The Bertz CT molecular complexity index is 951. The van der Waals surface area contributed by atoms with Crippen molar-refractivity contribution in [3.63, 3.8) is 0 Å². The van der Waals surface area contributed by atoms with Crippen molar-refractivity contribution in [2.24, 2.45) is 5.92 Å². The normalized spacial score (nSPS) is 19.6. The second-order valence-corrected chi connectivity index (χ2v) is 7.06. The molecule has 12 heteroatoms. The highest BCUT2D eigenvalue weighted by atomic mass is 79.9. The molecule has 0 saturated carbocycles. The Morgan fingerprint density at radius 2 is 2.04 bits per heavy atom. The van der Waals surface area contributed by atoms with Crippen molar-refractivity contribution >= 4 is 33.4 Å². The van der Waals surface area contributed by atoms with Gasteiger partial charge in [0.05, 0.1) is 21.5 Å². The van der Waals surface area contributed by atoms with Gasteiger partial charge in [0, 0.05) is 19.5 Å². The Labute approximate surface area is 164 Å². The molecule has 0 radical (unpaired) electrons. The van der Waals surface area contributed by atoms with Crippen molar-refractivity contribution in [2.45, 2.75) is 19.4 Å². The molecule has 0 spiro atoms. The highest BCUT2D eigenvalue weighted by molar-refractivity contribution is 9.10. The zero-order chi connectivity index (χ0) is 20.7. The van der Waals surface area contributed by atoms with Gasteiger partial charge in [0.25, 0.3) is 0 Å². The Hall–Kier alpha value is -2.50. The molecule has 1 fully saturated rings. The van der Waals surface area contributed by atoms with Gasteiger partial charge in [0.15, 0.2) is 0 Å². The van der Waals surface area contributed by atoms with E-state index in [-0.39, 0.29) is 22.4 Å². The molecule has 0 aliphatic carbocycles. The van der Waals surface area contributed by atoms with E-state index in [1.807, 2.05) is 0 Å². The van der Waals surface area contributed by atoms with E-state index in [4.69, 9.17) is 0 Å². The fraction of sp³-hybridized carbons (Fsp3) is 0.375. The number of anilines is 1. The van der Waals surface area contributed by atoms with Crippen molar-refractivity contribution in [3.8, 4) is 0 Å². The average molecular weight is 464 g/mol. The number of rotatable bonds is 4. The van der Waals surface area contributed by atoms with Crippen LogP contribution in [0.5, 0.6) is 0 Å². The van der Waals surface area contributed by atoms with Crippen molar-refractivity contribution in [3.05, 3.63) is 39.9 Å². The summed E-state index contributed by atoms with van der Waals surface area (Å²) in [7, 11) is 1.45. The molecule has 7 nitrogen and oxygen atoms in total. The van der Waals surface area contributed by atoms with Crippen LogP contribution in [0.1, 0.15) is 23.9 Å². The average Bonchev–Trinajstić information content (AvgIpc) is 3.07. The van der Waals surface area contributed by atoms with Crippen LogP contribution in [0.25, 0.3) is 0 Å². The largest absolute Gasteiger partial charge is 0.344 e. The summed E-state index contributed by atoms with van der Waals surface area (Å²) in [4.78, 5) is 29.4. The number of nitrogens with zero attached hydrogens (tertiary/aromatic N) is 4. The van der Waals surface area contributed by atoms with Crippen LogP contribution < -0.4 is 5.32 Å². The number of aromatic nitrogens is 3. The predicted molar refractivity (Wildman–Crippen MR) is 92.6 cm³/mol. The summed E-state index contributed by atoms with van der Waals surface area (Å²) >= 11 is 3.19. The number of likely N-dealkylation sites (N-methyl/N-ethyl adjacent to an activating group) is 1. The summed E-state index contributed by atoms with van der Waals surface area (Å²) in [6, 6.07) is 1.82. The van der Waals surface area contributed by atoms with Gasteiger partial charge in [-0.1, -0.05) is 0 Å². The molecular formula is C16H14BrF4N5O2. The number of carbonyl (C=O) groups excluding carboxylic acids is 2. The van der Waals surface area contributed by atoms with Gasteiger partial charge in [-0.2, -0.15) is 27.6 Å². The summed E-state index contributed by atoms with van der Waals surface area (Å²) in [6.45, 7) is -1.42. The third-order valence-electron chi connectivity index (χ3n) is 4.51. The minimum atomic E-state index is -2.90. The first-order valence-corrected chi connectivity index (χ1v) is 8.81. The molecule has 1 aliphatic heterocycles. The maximum Gasteiger partial charge on any atom is 0.333 e. The van der Waals surface area contributed by atoms with E-state index in [9.17, 15) is 27.2 Å². The number of nitrogens with one attached hydrogen (secondary N) is 1. The van der Waals surface area contributed by atoms with Gasteiger partial charge in [0.2, 0.25) is 23.7 Å². The summed E-state index contributed by atoms with van der Waals surface area (Å²) in [5.41, 5.74) is -0.144. The van der Waals surface area contributed by atoms with Gasteiger partial charge in [-0.25, -0.2) is 4.68 Å². The second kappa shape index (κ2) is 7.49. The minimum absolute atomic E-state index is 0.0549. The molecule has 3 heterocycles. The van der Waals surface area contributed by atoms with Crippen LogP contribution in [0.4, 0.5) is 23.2 Å². The van der Waals surface area contributed by atoms with Crippen LogP contribution in [0.3, 0.4) is 0 Å². The van der Waals surface area contributed by atoms with E-state index < -0.39 is 47.8 Å². The lowest BCUT2D eigenvalue weighted by Crippen LogP contribution is -2.33. The number of amides is 2. The molecule has 0 aromatic carbocycles. The van der Waals surface area contributed by atoms with Crippen molar-refractivity contribution < 1.29 is 27.2 Å². The van der Waals surface area contributed by atoms with Gasteiger partial charge in [-0.05, 0) is 35.0 Å². The number of alkyl halides is 2. The summed E-state index contributed by atoms with van der Waals surface area (Å²) < 4.78 is 53.7. The van der Waals surface area contributed by atoms with Gasteiger partial charge in [-0.15, -0.1) is 0 Å². The van der Waals surface area contributed by atoms with E-state index in [0.717, 1.165) is 12.1 Å². The van der Waals surface area contributed by atoms with Crippen LogP contribution in [-0.4, -0.2) is 45.1 Å². The maximum absolute atomic E-state index is 13.7. The summed E-state index contributed by atoms with van der Waals surface area (Å²) in [5, 5.41) is 6.06. The molecule has 2 aromatic heterocycles. The van der Waals surface area contributed by atoms with Crippen LogP contribution in [-0.2, 0) is 9.59 Å². The molecule has 1 N–H and O–H groups in total. The Balaban J connectivity index is 1.95. The molecule has 150 valence electrons. The molecule has 2 amide bonds. The van der Waals surface area contributed by atoms with Gasteiger partial charge < -0.3 is 10.2 Å². The standard InChI is InChI=1S/C16H14BrF4N5O2/c1-6-11(17)12(24-26(6)16(20)21)7-5-25(2)15(28)10(7)14(27)22-8-3-4-9(18)23-13(8)19/h3-4,7,10,16H,5H2,1-2H3,(H,22,27)/t7-,10?/m0/s1. The molecule has 1 unspecified atom stereocenters. The monoisotopic (exact) mass is 463 g/mol. The SMILES string of the molecule is Cc1c(Br)c([C@H]2CN(C)C(=O)C2C(=O)Nc2ccc(F)nc2F)nn1C(F)F. The fourth-order valence-corrected chi connectivity index (χ4v) is 3.66. The fourth-order valence-electron chi connectivity index (χ4n) is 3.10. The molecular weight excluding hydrogens is 450 g/mol. The number of pyridine rings is 1. The third kappa shape index (κ3) is 3.48. The smallest absolute Gasteiger partial charge is 0.333 e. The number of halogens is 5. The first-order chi connectivity index (χ1) is 13.1. The van der Waals surface area contributed by atoms with E-state index in [2.05, 4.69) is 31.3 Å². The summed E-state index contributed by atoms with van der Waals surface area (Å²) in [5.74, 6) is -5.94. The number of likely N-dealkylation sites (tertiary alicyclic amines) is 1. The zero-order valence-corrected chi connectivity index (χ0v) is 16.2. The quantitative estimate of drug-likeness (QED) is 0.429. The third-order valence-corrected chi connectivity index (χ3v) is 5.49. The van der Waals surface area contributed by atoms with Crippen LogP contribution in [0.2, 0.25) is 0 Å². The lowest BCUT2D eigenvalue weighted by Gasteiger charge is -2.15. The molecule has 1 aliphatic rings. The van der Waals surface area contributed by atoms with E-state index in [1.165, 1.54) is 18.9 Å². The second-order valence-electron chi connectivity index (χ2n) is 6.27. The first-order valence-electron chi connectivity index (χ1n) is 8.02. The van der Waals surface area contributed by atoms with Crippen LogP contribution >= 0.6 is 15.9 Å². The Morgan fingerprint density at radius 1 is 1.36 bits per heavy atom. The molecule has 28 heavy (non-hydrogen) atoms. The molecule has 0 bridgehead atoms. The number of hydrogen-bond acceptors (Lipinski definition) is 4. The van der Waals surface area contributed by atoms with E-state index in [0.29, 0.717) is 4.68 Å². The first kappa shape index (κ1) is 20.2. The Morgan fingerprint density at radius 3 is 2.61 bits per heavy atom. The zero-order valence-electron chi connectivity index (χ0n) is 14.6. The van der Waals surface area contributed by atoms with E-state index >= 15 is 0 Å². The number of hydrogen-bond donors (Lipinski definition) is 1. The molecule has 1 saturated heterocycles. The van der Waals surface area contributed by atoms with Crippen molar-refractivity contribution in [1.82, 2.24) is 19.7 Å². The highest BCUT2D eigenvalue weighted by Gasteiger charge is 2.46. The highest BCUT2D eigenvalue weighted by Crippen LogP contribution is 2.38. The number of carbonyl (C=O) groups is 2. The predicted octanol–water partition coefficient (Wildman–Crippen LogP) is 2.83. The van der Waals surface area contributed by atoms with Gasteiger partial charge in [0.1, 0.15) is 5.92 Å². The lowest BCUT2D eigenvalue weighted by atomic mass is 9.91. The molecule has 2 aromatic rings. The van der Waals surface area contributed by atoms with Crippen molar-refractivity contribution in [1.29, 1.82) is 0 Å². The summed E-state index contributed by atoms with van der Waals surface area (Å²) in [6.07, 6.45) is 0. The topological polar surface area (TPSA) is 80.1 Å². The Kier molecular flexibility index (Phi) is 5.41. The minimum Gasteiger partial charge on any atom is -0.344 e.